The molecule has 4 aliphatic rings. The smallest absolute Gasteiger partial charge is 0.246 e. The maximum atomic E-state index is 14.0. The third-order valence-electron chi connectivity index (χ3n) is 8.56. The minimum absolute atomic E-state index is 0.130. The predicted molar refractivity (Wildman–Crippen MR) is 145 cm³/mol. The Morgan fingerprint density at radius 2 is 1.82 bits per heavy atom. The van der Waals surface area contributed by atoms with Crippen LogP contribution < -0.4 is 15.4 Å². The molecule has 3 fully saturated rings. The number of fused-ring (bicyclic) bond motifs is 1. The number of ether oxygens (including phenoxy) is 2. The standard InChI is InChI=1S/C30H41N3O5/c1-3-5-6-10-19-33-26(28(35)32-20-11-8-7-9-12-20)30-18-17-23(38-30)24(25(30)29(33)36)27(34)31-21-13-15-22(16-14-21)37-4-2/h13-18,20,23-26H,3-12,19H2,1-2H3,(H,31,34)(H,32,35)/t23-,24?,25-,26?,30?/m1/s1. The molecule has 3 heterocycles. The van der Waals surface area contributed by atoms with Gasteiger partial charge in [-0.15, -0.1) is 0 Å². The molecule has 5 rings (SSSR count). The van der Waals surface area contributed by atoms with E-state index in [-0.39, 0.29) is 23.8 Å². The highest BCUT2D eigenvalue weighted by Gasteiger charge is 2.72. The lowest BCUT2D eigenvalue weighted by atomic mass is 9.74. The first-order valence-electron chi connectivity index (χ1n) is 14.5. The summed E-state index contributed by atoms with van der Waals surface area (Å²) in [5.74, 6) is -1.24. The average Bonchev–Trinajstić information content (AvgIpc) is 3.56. The zero-order chi connectivity index (χ0) is 26.7. The Hall–Kier alpha value is -2.87. The Balaban J connectivity index is 1.37. The first-order chi connectivity index (χ1) is 18.5. The second kappa shape index (κ2) is 11.5. The molecule has 3 unspecified atom stereocenters. The van der Waals surface area contributed by atoms with Gasteiger partial charge < -0.3 is 25.0 Å². The van der Waals surface area contributed by atoms with Crippen molar-refractivity contribution >= 4 is 23.4 Å². The predicted octanol–water partition coefficient (Wildman–Crippen LogP) is 4.20. The van der Waals surface area contributed by atoms with E-state index < -0.39 is 29.6 Å². The average molecular weight is 524 g/mol. The van der Waals surface area contributed by atoms with Gasteiger partial charge in [0.25, 0.3) is 0 Å². The number of carbonyl (C=O) groups is 3. The van der Waals surface area contributed by atoms with E-state index in [9.17, 15) is 14.4 Å². The first kappa shape index (κ1) is 26.7. The molecule has 8 nitrogen and oxygen atoms in total. The van der Waals surface area contributed by atoms with Crippen molar-refractivity contribution in [2.24, 2.45) is 11.8 Å². The highest BCUT2D eigenvalue weighted by molar-refractivity contribution is 6.02. The van der Waals surface area contributed by atoms with Gasteiger partial charge >= 0.3 is 0 Å². The van der Waals surface area contributed by atoms with Gasteiger partial charge in [0.05, 0.1) is 24.5 Å². The van der Waals surface area contributed by atoms with Crippen molar-refractivity contribution < 1.29 is 23.9 Å². The number of anilines is 1. The summed E-state index contributed by atoms with van der Waals surface area (Å²) in [6.07, 6.45) is 12.6. The molecule has 8 heteroatoms. The summed E-state index contributed by atoms with van der Waals surface area (Å²) in [6.45, 7) is 5.13. The summed E-state index contributed by atoms with van der Waals surface area (Å²) in [7, 11) is 0. The van der Waals surface area contributed by atoms with Crippen molar-refractivity contribution in [3.05, 3.63) is 36.4 Å². The van der Waals surface area contributed by atoms with Gasteiger partial charge in [-0.2, -0.15) is 0 Å². The lowest BCUT2D eigenvalue weighted by Crippen LogP contribution is -2.56. The number of carbonyl (C=O) groups excluding carboxylic acids is 3. The molecular weight excluding hydrogens is 482 g/mol. The van der Waals surface area contributed by atoms with Crippen LogP contribution in [0.3, 0.4) is 0 Å². The minimum atomic E-state index is -1.11. The fraction of sp³-hybridized carbons (Fsp3) is 0.633. The van der Waals surface area contributed by atoms with Crippen LogP contribution in [-0.4, -0.2) is 59.6 Å². The molecule has 0 aromatic heterocycles. The maximum absolute atomic E-state index is 14.0. The molecule has 3 amide bonds. The van der Waals surface area contributed by atoms with E-state index in [2.05, 4.69) is 17.6 Å². The van der Waals surface area contributed by atoms with Gasteiger partial charge in [0.15, 0.2) is 0 Å². The molecular formula is C30H41N3O5. The van der Waals surface area contributed by atoms with Gasteiger partial charge in [-0.25, -0.2) is 0 Å². The van der Waals surface area contributed by atoms with Crippen LogP contribution in [0.5, 0.6) is 5.75 Å². The van der Waals surface area contributed by atoms with E-state index in [0.29, 0.717) is 18.8 Å². The fourth-order valence-electron chi connectivity index (χ4n) is 6.77. The van der Waals surface area contributed by atoms with E-state index in [0.717, 1.165) is 57.1 Å². The second-order valence-corrected chi connectivity index (χ2v) is 11.1. The van der Waals surface area contributed by atoms with E-state index in [1.165, 1.54) is 6.42 Å². The molecule has 2 N–H and O–H groups in total. The number of hydrogen-bond donors (Lipinski definition) is 2. The third kappa shape index (κ3) is 4.95. The van der Waals surface area contributed by atoms with Crippen molar-refractivity contribution in [2.75, 3.05) is 18.5 Å². The fourth-order valence-corrected chi connectivity index (χ4v) is 6.77. The van der Waals surface area contributed by atoms with Gasteiger partial charge in [-0.3, -0.25) is 14.4 Å². The highest BCUT2D eigenvalue weighted by Crippen LogP contribution is 2.55. The van der Waals surface area contributed by atoms with Crippen LogP contribution in [0.1, 0.15) is 71.6 Å². The van der Waals surface area contributed by atoms with E-state index in [1.54, 1.807) is 17.0 Å². The summed E-state index contributed by atoms with van der Waals surface area (Å²) in [5, 5.41) is 6.22. The molecule has 38 heavy (non-hydrogen) atoms. The number of unbranched alkanes of at least 4 members (excludes halogenated alkanes) is 3. The number of nitrogens with one attached hydrogen (secondary N) is 2. The molecule has 1 aliphatic carbocycles. The third-order valence-corrected chi connectivity index (χ3v) is 8.56. The number of nitrogens with zero attached hydrogens (tertiary/aromatic N) is 1. The summed E-state index contributed by atoms with van der Waals surface area (Å²) in [5.41, 5.74) is -0.473. The SMILES string of the molecule is CCCCCCN1C(=O)[C@H]2C(C(=O)Nc3ccc(OCC)cc3)[C@H]3C=CC2(O3)C1C(=O)NC1CCCCC1. The van der Waals surface area contributed by atoms with Crippen LogP contribution in [0.4, 0.5) is 5.69 Å². The molecule has 1 aromatic rings. The van der Waals surface area contributed by atoms with Gasteiger partial charge in [0.2, 0.25) is 17.7 Å². The number of hydrogen-bond acceptors (Lipinski definition) is 5. The summed E-state index contributed by atoms with van der Waals surface area (Å²) >= 11 is 0. The van der Waals surface area contributed by atoms with Crippen LogP contribution in [0.25, 0.3) is 0 Å². The number of likely N-dealkylation sites (tertiary alicyclic amines) is 1. The highest BCUT2D eigenvalue weighted by atomic mass is 16.5. The summed E-state index contributed by atoms with van der Waals surface area (Å²) < 4.78 is 11.9. The summed E-state index contributed by atoms with van der Waals surface area (Å²) in [6, 6.07) is 6.57. The van der Waals surface area contributed by atoms with E-state index in [4.69, 9.17) is 9.47 Å². The largest absolute Gasteiger partial charge is 0.494 e. The van der Waals surface area contributed by atoms with E-state index >= 15 is 0 Å². The number of amides is 3. The van der Waals surface area contributed by atoms with Crippen molar-refractivity contribution in [1.82, 2.24) is 10.2 Å². The van der Waals surface area contributed by atoms with Crippen LogP contribution >= 0.6 is 0 Å². The Bertz CT molecular complexity index is 1050. The van der Waals surface area contributed by atoms with Crippen molar-refractivity contribution in [3.63, 3.8) is 0 Å². The number of benzene rings is 1. The topological polar surface area (TPSA) is 97.0 Å². The Morgan fingerprint density at radius 1 is 1.05 bits per heavy atom. The monoisotopic (exact) mass is 523 g/mol. The van der Waals surface area contributed by atoms with Crippen molar-refractivity contribution in [3.8, 4) is 5.75 Å². The summed E-state index contributed by atoms with van der Waals surface area (Å²) in [4.78, 5) is 43.0. The molecule has 206 valence electrons. The Morgan fingerprint density at radius 3 is 2.53 bits per heavy atom. The van der Waals surface area contributed by atoms with Crippen LogP contribution in [0.2, 0.25) is 0 Å². The van der Waals surface area contributed by atoms with Gasteiger partial charge in [-0.05, 0) is 50.5 Å². The van der Waals surface area contributed by atoms with E-state index in [1.807, 2.05) is 31.2 Å². The quantitative estimate of drug-likeness (QED) is 0.335. The maximum Gasteiger partial charge on any atom is 0.246 e. The van der Waals surface area contributed by atoms with Crippen LogP contribution in [-0.2, 0) is 19.1 Å². The lowest BCUT2D eigenvalue weighted by molar-refractivity contribution is -0.141. The van der Waals surface area contributed by atoms with Gasteiger partial charge in [0.1, 0.15) is 17.4 Å². The van der Waals surface area contributed by atoms with Crippen molar-refractivity contribution in [2.45, 2.75) is 95.4 Å². The molecule has 5 atom stereocenters. The molecule has 2 saturated heterocycles. The Kier molecular flexibility index (Phi) is 8.07. The Labute approximate surface area is 225 Å². The molecule has 1 aromatic carbocycles. The zero-order valence-electron chi connectivity index (χ0n) is 22.6. The first-order valence-corrected chi connectivity index (χ1v) is 14.5. The van der Waals surface area contributed by atoms with Gasteiger partial charge in [-0.1, -0.05) is 57.6 Å². The molecule has 3 aliphatic heterocycles. The molecule has 2 bridgehead atoms. The molecule has 0 radical (unpaired) electrons. The normalized spacial score (nSPS) is 29.9. The lowest BCUT2D eigenvalue weighted by Gasteiger charge is -2.34. The number of rotatable bonds is 11. The zero-order valence-corrected chi connectivity index (χ0v) is 22.6. The minimum Gasteiger partial charge on any atom is -0.494 e. The molecule has 1 saturated carbocycles. The molecule has 1 spiro atoms. The second-order valence-electron chi connectivity index (χ2n) is 11.1. The van der Waals surface area contributed by atoms with Crippen LogP contribution in [0, 0.1) is 11.8 Å². The van der Waals surface area contributed by atoms with Gasteiger partial charge in [0, 0.05) is 18.3 Å². The van der Waals surface area contributed by atoms with Crippen LogP contribution in [0.15, 0.2) is 36.4 Å². The van der Waals surface area contributed by atoms with Crippen molar-refractivity contribution in [1.29, 1.82) is 0 Å².